The number of nitrogens with zero attached hydrogens (tertiary/aromatic N) is 4. The molecular formula is C23H34FIN6O. The second-order valence-corrected chi connectivity index (χ2v) is 7.73. The summed E-state index contributed by atoms with van der Waals surface area (Å²) >= 11 is 0. The third-order valence-electron chi connectivity index (χ3n) is 5.37. The summed E-state index contributed by atoms with van der Waals surface area (Å²) in [7, 11) is 3.88. The molecule has 1 atom stereocenters. The molecule has 2 aromatic rings. The van der Waals surface area contributed by atoms with Gasteiger partial charge in [-0.25, -0.2) is 9.37 Å². The lowest BCUT2D eigenvalue weighted by molar-refractivity contribution is 0.199. The standard InChI is InChI=1S/C23H33FN6O.HI/c1-4-20(31-21-7-5-6-19(24)14-21)17-28-23(25-2)27-16-18-8-9-22(26-15-18)30-12-10-29(3)11-13-30;/h5-9,14-15,20H,4,10-13,16-17H2,1-3H3,(H2,25,27,28);1H. The Labute approximate surface area is 207 Å². The van der Waals surface area contributed by atoms with Crippen LogP contribution in [0.5, 0.6) is 5.75 Å². The molecule has 1 fully saturated rings. The molecule has 2 N–H and O–H groups in total. The van der Waals surface area contributed by atoms with E-state index in [4.69, 9.17) is 4.74 Å². The number of hydrogen-bond donors (Lipinski definition) is 2. The van der Waals surface area contributed by atoms with Crippen LogP contribution in [0.3, 0.4) is 0 Å². The number of hydrogen-bond acceptors (Lipinski definition) is 5. The summed E-state index contributed by atoms with van der Waals surface area (Å²) in [5.74, 6) is 1.94. The minimum absolute atomic E-state index is 0. The predicted octanol–water partition coefficient (Wildman–Crippen LogP) is 3.11. The van der Waals surface area contributed by atoms with Crippen LogP contribution in [0, 0.1) is 5.82 Å². The fourth-order valence-corrected chi connectivity index (χ4v) is 3.36. The van der Waals surface area contributed by atoms with Crippen molar-refractivity contribution in [2.24, 2.45) is 4.99 Å². The van der Waals surface area contributed by atoms with Gasteiger partial charge in [-0.05, 0) is 37.2 Å². The Hall–Kier alpha value is -2.14. The molecule has 1 aromatic carbocycles. The minimum Gasteiger partial charge on any atom is -0.489 e. The molecule has 1 aliphatic heterocycles. The summed E-state index contributed by atoms with van der Waals surface area (Å²) in [6.45, 7) is 7.37. The molecule has 0 bridgehead atoms. The molecule has 1 unspecified atom stereocenters. The zero-order chi connectivity index (χ0) is 22.1. The maximum Gasteiger partial charge on any atom is 0.191 e. The average molecular weight is 556 g/mol. The number of halogens is 2. The molecule has 0 radical (unpaired) electrons. The number of piperazine rings is 1. The number of ether oxygens (including phenoxy) is 1. The number of pyridine rings is 1. The van der Waals surface area contributed by atoms with Crippen molar-refractivity contribution in [3.8, 4) is 5.75 Å². The summed E-state index contributed by atoms with van der Waals surface area (Å²) < 4.78 is 19.2. The van der Waals surface area contributed by atoms with Gasteiger partial charge in [0, 0.05) is 52.0 Å². The maximum absolute atomic E-state index is 13.4. The van der Waals surface area contributed by atoms with Gasteiger partial charge >= 0.3 is 0 Å². The Morgan fingerprint density at radius 2 is 1.97 bits per heavy atom. The van der Waals surface area contributed by atoms with E-state index in [0.29, 0.717) is 24.8 Å². The van der Waals surface area contributed by atoms with Crippen molar-refractivity contribution in [3.63, 3.8) is 0 Å². The molecule has 3 rings (SSSR count). The number of aliphatic imine (C=N–C) groups is 1. The Bertz CT molecular complexity index is 843. The summed E-state index contributed by atoms with van der Waals surface area (Å²) in [6.07, 6.45) is 2.61. The van der Waals surface area contributed by atoms with Gasteiger partial charge in [0.25, 0.3) is 0 Å². The smallest absolute Gasteiger partial charge is 0.191 e. The first-order valence-electron chi connectivity index (χ1n) is 10.8. The van der Waals surface area contributed by atoms with Gasteiger partial charge in [0.05, 0.1) is 6.54 Å². The van der Waals surface area contributed by atoms with Gasteiger partial charge < -0.3 is 25.2 Å². The predicted molar refractivity (Wildman–Crippen MR) is 139 cm³/mol. The van der Waals surface area contributed by atoms with E-state index in [1.807, 2.05) is 13.1 Å². The lowest BCUT2D eigenvalue weighted by Gasteiger charge is -2.33. The first-order valence-corrected chi connectivity index (χ1v) is 10.8. The van der Waals surface area contributed by atoms with Gasteiger partial charge in [-0.15, -0.1) is 24.0 Å². The molecule has 9 heteroatoms. The van der Waals surface area contributed by atoms with E-state index in [-0.39, 0.29) is 35.9 Å². The highest BCUT2D eigenvalue weighted by Gasteiger charge is 2.15. The summed E-state index contributed by atoms with van der Waals surface area (Å²) in [5, 5.41) is 6.59. The van der Waals surface area contributed by atoms with E-state index in [9.17, 15) is 4.39 Å². The second-order valence-electron chi connectivity index (χ2n) is 7.73. The fraction of sp³-hybridized carbons (Fsp3) is 0.478. The zero-order valence-electron chi connectivity index (χ0n) is 19.1. The highest BCUT2D eigenvalue weighted by Crippen LogP contribution is 2.15. The van der Waals surface area contributed by atoms with Crippen LogP contribution in [0.15, 0.2) is 47.6 Å². The van der Waals surface area contributed by atoms with E-state index in [0.717, 1.165) is 44.0 Å². The van der Waals surface area contributed by atoms with Crippen LogP contribution in [0.1, 0.15) is 18.9 Å². The van der Waals surface area contributed by atoms with Crippen molar-refractivity contribution < 1.29 is 9.13 Å². The van der Waals surface area contributed by atoms with Crippen LogP contribution < -0.4 is 20.3 Å². The first-order chi connectivity index (χ1) is 15.1. The summed E-state index contributed by atoms with van der Waals surface area (Å²) in [4.78, 5) is 13.6. The number of nitrogens with one attached hydrogen (secondary N) is 2. The number of likely N-dealkylation sites (N-methyl/N-ethyl adjacent to an activating group) is 1. The molecule has 7 nitrogen and oxygen atoms in total. The molecule has 176 valence electrons. The van der Waals surface area contributed by atoms with Gasteiger partial charge in [0.1, 0.15) is 23.5 Å². The number of rotatable bonds is 8. The zero-order valence-corrected chi connectivity index (χ0v) is 21.4. The number of guanidine groups is 1. The highest BCUT2D eigenvalue weighted by atomic mass is 127. The van der Waals surface area contributed by atoms with Crippen molar-refractivity contribution in [1.82, 2.24) is 20.5 Å². The van der Waals surface area contributed by atoms with Crippen LogP contribution in [0.25, 0.3) is 0 Å². The summed E-state index contributed by atoms with van der Waals surface area (Å²) in [5.41, 5.74) is 1.09. The fourth-order valence-electron chi connectivity index (χ4n) is 3.36. The van der Waals surface area contributed by atoms with E-state index < -0.39 is 0 Å². The number of anilines is 1. The van der Waals surface area contributed by atoms with Crippen molar-refractivity contribution in [1.29, 1.82) is 0 Å². The maximum atomic E-state index is 13.4. The molecular weight excluding hydrogens is 522 g/mol. The monoisotopic (exact) mass is 556 g/mol. The highest BCUT2D eigenvalue weighted by molar-refractivity contribution is 14.0. The van der Waals surface area contributed by atoms with Gasteiger partial charge in [-0.3, -0.25) is 4.99 Å². The van der Waals surface area contributed by atoms with Crippen LogP contribution in [0.4, 0.5) is 10.2 Å². The van der Waals surface area contributed by atoms with E-state index in [1.54, 1.807) is 19.2 Å². The van der Waals surface area contributed by atoms with E-state index in [1.165, 1.54) is 12.1 Å². The lowest BCUT2D eigenvalue weighted by Crippen LogP contribution is -2.44. The molecule has 1 aliphatic rings. The van der Waals surface area contributed by atoms with Crippen molar-refractivity contribution in [2.45, 2.75) is 26.0 Å². The van der Waals surface area contributed by atoms with Crippen LogP contribution in [-0.4, -0.2) is 68.8 Å². The van der Waals surface area contributed by atoms with Crippen molar-refractivity contribution in [2.75, 3.05) is 51.7 Å². The van der Waals surface area contributed by atoms with Gasteiger partial charge in [0.15, 0.2) is 5.96 Å². The molecule has 0 spiro atoms. The SMILES string of the molecule is CCC(CNC(=NC)NCc1ccc(N2CCN(C)CC2)nc1)Oc1cccc(F)c1.I. The van der Waals surface area contributed by atoms with Gasteiger partial charge in [-0.2, -0.15) is 0 Å². The Morgan fingerprint density at radius 1 is 1.19 bits per heavy atom. The van der Waals surface area contributed by atoms with E-state index in [2.05, 4.69) is 49.6 Å². The largest absolute Gasteiger partial charge is 0.489 e. The molecule has 0 aliphatic carbocycles. The number of benzene rings is 1. The molecule has 32 heavy (non-hydrogen) atoms. The van der Waals surface area contributed by atoms with Crippen LogP contribution >= 0.6 is 24.0 Å². The average Bonchev–Trinajstić information content (AvgIpc) is 2.79. The Balaban J connectivity index is 0.00000363. The third kappa shape index (κ3) is 8.09. The van der Waals surface area contributed by atoms with Crippen molar-refractivity contribution in [3.05, 3.63) is 54.0 Å². The van der Waals surface area contributed by atoms with Crippen LogP contribution in [0.2, 0.25) is 0 Å². The van der Waals surface area contributed by atoms with Gasteiger partial charge in [-0.1, -0.05) is 19.1 Å². The molecule has 1 aromatic heterocycles. The summed E-state index contributed by atoms with van der Waals surface area (Å²) in [6, 6.07) is 10.4. The van der Waals surface area contributed by atoms with Gasteiger partial charge in [0.2, 0.25) is 0 Å². The lowest BCUT2D eigenvalue weighted by atomic mass is 10.2. The first kappa shape index (κ1) is 26.1. The van der Waals surface area contributed by atoms with Crippen LogP contribution in [-0.2, 0) is 6.54 Å². The second kappa shape index (κ2) is 13.4. The topological polar surface area (TPSA) is 65.0 Å². The minimum atomic E-state index is -0.301. The third-order valence-corrected chi connectivity index (χ3v) is 5.37. The molecule has 2 heterocycles. The number of aromatic nitrogens is 1. The molecule has 0 saturated carbocycles. The Kier molecular flexibility index (Phi) is 10.9. The normalized spacial score (nSPS) is 15.6. The molecule has 0 amide bonds. The molecule has 1 saturated heterocycles. The Morgan fingerprint density at radius 3 is 2.59 bits per heavy atom. The quantitative estimate of drug-likeness (QED) is 0.296. The van der Waals surface area contributed by atoms with E-state index >= 15 is 0 Å². The van der Waals surface area contributed by atoms with Crippen molar-refractivity contribution >= 4 is 35.8 Å².